The van der Waals surface area contributed by atoms with Crippen molar-refractivity contribution in [3.8, 4) is 11.4 Å². The molecule has 32 heavy (non-hydrogen) atoms. The molecule has 2 aliphatic rings. The lowest BCUT2D eigenvalue weighted by Gasteiger charge is -2.32. The molecule has 7 heteroatoms. The van der Waals surface area contributed by atoms with Gasteiger partial charge in [-0.1, -0.05) is 6.07 Å². The van der Waals surface area contributed by atoms with Gasteiger partial charge in [0.15, 0.2) is 0 Å². The number of aromatic nitrogens is 3. The lowest BCUT2D eigenvalue weighted by molar-refractivity contribution is 0.198. The van der Waals surface area contributed by atoms with Crippen LogP contribution in [0.3, 0.4) is 0 Å². The van der Waals surface area contributed by atoms with Gasteiger partial charge in [-0.2, -0.15) is 0 Å². The molecule has 6 nitrogen and oxygen atoms in total. The Labute approximate surface area is 187 Å². The zero-order chi connectivity index (χ0) is 21.9. The first-order valence-corrected chi connectivity index (χ1v) is 11.4. The summed E-state index contributed by atoms with van der Waals surface area (Å²) in [5.41, 5.74) is 3.17. The van der Waals surface area contributed by atoms with Crippen molar-refractivity contribution in [1.82, 2.24) is 19.9 Å². The summed E-state index contributed by atoms with van der Waals surface area (Å²) in [5.74, 6) is 0.600. The smallest absolute Gasteiger partial charge is 0.251 e. The quantitative estimate of drug-likeness (QED) is 0.660. The third-order valence-corrected chi connectivity index (χ3v) is 6.49. The Bertz CT molecular complexity index is 1130. The number of benzene rings is 1. The number of anilines is 1. The minimum Gasteiger partial charge on any atom is -0.369 e. The van der Waals surface area contributed by atoms with Gasteiger partial charge in [-0.25, -0.2) is 9.37 Å². The van der Waals surface area contributed by atoms with Crippen LogP contribution in [-0.4, -0.2) is 46.0 Å². The second-order valence-corrected chi connectivity index (χ2v) is 8.81. The van der Waals surface area contributed by atoms with Crippen molar-refractivity contribution in [2.75, 3.05) is 31.1 Å². The van der Waals surface area contributed by atoms with Crippen molar-refractivity contribution in [3.05, 3.63) is 76.2 Å². The third-order valence-electron chi connectivity index (χ3n) is 6.49. The summed E-state index contributed by atoms with van der Waals surface area (Å²) in [6.07, 6.45) is 7.68. The molecular weight excluding hydrogens is 405 g/mol. The van der Waals surface area contributed by atoms with Gasteiger partial charge >= 0.3 is 0 Å². The van der Waals surface area contributed by atoms with Gasteiger partial charge in [0.1, 0.15) is 11.6 Å². The molecule has 0 radical (unpaired) electrons. The molecule has 0 aliphatic carbocycles. The summed E-state index contributed by atoms with van der Waals surface area (Å²) in [5, 5.41) is 0. The number of piperidine rings is 1. The summed E-state index contributed by atoms with van der Waals surface area (Å²) in [7, 11) is 0. The predicted molar refractivity (Wildman–Crippen MR) is 123 cm³/mol. The zero-order valence-corrected chi connectivity index (χ0v) is 18.1. The van der Waals surface area contributed by atoms with Gasteiger partial charge in [-0.15, -0.1) is 0 Å². The molecular formula is C25H28FN5O. The largest absolute Gasteiger partial charge is 0.369 e. The van der Waals surface area contributed by atoms with Crippen LogP contribution in [0.2, 0.25) is 0 Å². The van der Waals surface area contributed by atoms with Crippen molar-refractivity contribution in [1.29, 1.82) is 0 Å². The topological polar surface area (TPSA) is 65.1 Å². The van der Waals surface area contributed by atoms with Gasteiger partial charge in [0.25, 0.3) is 5.56 Å². The monoisotopic (exact) mass is 433 g/mol. The molecule has 2 aliphatic heterocycles. The Morgan fingerprint density at radius 3 is 2.75 bits per heavy atom. The van der Waals surface area contributed by atoms with Crippen LogP contribution in [-0.2, 0) is 6.54 Å². The van der Waals surface area contributed by atoms with Gasteiger partial charge in [-0.3, -0.25) is 14.7 Å². The van der Waals surface area contributed by atoms with E-state index in [4.69, 9.17) is 4.98 Å². The molecule has 0 bridgehead atoms. The van der Waals surface area contributed by atoms with Crippen molar-refractivity contribution >= 4 is 5.69 Å². The van der Waals surface area contributed by atoms with Gasteiger partial charge in [0, 0.05) is 56.1 Å². The van der Waals surface area contributed by atoms with Crippen LogP contribution < -0.4 is 10.5 Å². The average molecular weight is 434 g/mol. The molecule has 0 spiro atoms. The molecule has 3 aromatic rings. The van der Waals surface area contributed by atoms with Crippen LogP contribution in [0.1, 0.15) is 42.9 Å². The van der Waals surface area contributed by atoms with E-state index in [-0.39, 0.29) is 17.3 Å². The summed E-state index contributed by atoms with van der Waals surface area (Å²) in [6, 6.07) is 11.0. The fourth-order valence-electron chi connectivity index (χ4n) is 4.89. The summed E-state index contributed by atoms with van der Waals surface area (Å²) < 4.78 is 14.7. The average Bonchev–Trinajstić information content (AvgIpc) is 3.34. The fourth-order valence-corrected chi connectivity index (χ4v) is 4.89. The highest BCUT2D eigenvalue weighted by atomic mass is 19.1. The molecule has 2 fully saturated rings. The van der Waals surface area contributed by atoms with Crippen LogP contribution in [0.5, 0.6) is 0 Å². The molecule has 166 valence electrons. The Morgan fingerprint density at radius 2 is 1.97 bits per heavy atom. The van der Waals surface area contributed by atoms with E-state index in [1.54, 1.807) is 24.5 Å². The van der Waals surface area contributed by atoms with Crippen molar-refractivity contribution in [3.63, 3.8) is 0 Å². The van der Waals surface area contributed by atoms with E-state index in [1.807, 2.05) is 24.3 Å². The van der Waals surface area contributed by atoms with Gasteiger partial charge in [0.2, 0.25) is 0 Å². The van der Waals surface area contributed by atoms with Crippen molar-refractivity contribution in [2.24, 2.45) is 0 Å². The number of nitrogens with one attached hydrogen (secondary N) is 1. The number of aromatic amines is 1. The first-order valence-electron chi connectivity index (χ1n) is 11.4. The highest BCUT2D eigenvalue weighted by Crippen LogP contribution is 2.29. The van der Waals surface area contributed by atoms with E-state index in [0.717, 1.165) is 74.4 Å². The number of halogens is 1. The molecule has 4 heterocycles. The summed E-state index contributed by atoms with van der Waals surface area (Å²) in [4.78, 5) is 28.5. The molecule has 1 N–H and O–H groups in total. The SMILES string of the molecule is O=c1cc([C@H]2CCCN(Cc3ccc(N4CCCC4)c(F)c3)C2)nc(-c2cccnc2)[nH]1. The molecule has 1 aromatic carbocycles. The Hall–Kier alpha value is -3.06. The third kappa shape index (κ3) is 4.58. The van der Waals surface area contributed by atoms with Crippen LogP contribution in [0.4, 0.5) is 10.1 Å². The second-order valence-electron chi connectivity index (χ2n) is 8.81. The lowest BCUT2D eigenvalue weighted by Crippen LogP contribution is -2.34. The fraction of sp³-hybridized carbons (Fsp3) is 0.400. The minimum absolute atomic E-state index is 0.129. The van der Waals surface area contributed by atoms with Gasteiger partial charge in [-0.05, 0) is 62.1 Å². The van der Waals surface area contributed by atoms with Gasteiger partial charge < -0.3 is 9.88 Å². The predicted octanol–water partition coefficient (Wildman–Crippen LogP) is 3.95. The maximum Gasteiger partial charge on any atom is 0.251 e. The minimum atomic E-state index is -0.148. The number of H-pyrrole nitrogens is 1. The van der Waals surface area contributed by atoms with E-state index in [0.29, 0.717) is 12.4 Å². The Balaban J connectivity index is 1.30. The number of likely N-dealkylation sites (tertiary alicyclic amines) is 1. The second kappa shape index (κ2) is 9.20. The van der Waals surface area contributed by atoms with E-state index in [2.05, 4.69) is 19.8 Å². The first kappa shape index (κ1) is 20.8. The molecule has 0 unspecified atom stereocenters. The van der Waals surface area contributed by atoms with Crippen LogP contribution in [0.15, 0.2) is 53.6 Å². The standard InChI is InChI=1S/C25H28FN5O/c26-21-13-18(7-8-23(21)31-11-1-2-12-31)16-30-10-4-6-20(17-30)22-14-24(32)29-25(28-22)19-5-3-9-27-15-19/h3,5,7-9,13-15,20H,1-2,4,6,10-12,16-17H2,(H,28,29,32)/t20-/m0/s1. The maximum atomic E-state index is 14.7. The molecule has 5 rings (SSSR count). The molecule has 1 atom stereocenters. The van der Waals surface area contributed by atoms with Crippen LogP contribution in [0, 0.1) is 5.82 Å². The molecule has 2 saturated heterocycles. The van der Waals surface area contributed by atoms with Crippen LogP contribution in [0.25, 0.3) is 11.4 Å². The Morgan fingerprint density at radius 1 is 1.09 bits per heavy atom. The first-order chi connectivity index (χ1) is 15.7. The number of hydrogen-bond acceptors (Lipinski definition) is 5. The zero-order valence-electron chi connectivity index (χ0n) is 18.1. The highest BCUT2D eigenvalue weighted by molar-refractivity contribution is 5.53. The van der Waals surface area contributed by atoms with E-state index in [9.17, 15) is 9.18 Å². The maximum absolute atomic E-state index is 14.7. The van der Waals surface area contributed by atoms with E-state index >= 15 is 0 Å². The lowest BCUT2D eigenvalue weighted by atomic mass is 9.94. The highest BCUT2D eigenvalue weighted by Gasteiger charge is 2.24. The molecule has 0 amide bonds. The van der Waals surface area contributed by atoms with Gasteiger partial charge in [0.05, 0.1) is 11.4 Å². The summed E-state index contributed by atoms with van der Waals surface area (Å²) >= 11 is 0. The number of nitrogens with zero attached hydrogens (tertiary/aromatic N) is 4. The number of pyridine rings is 1. The van der Waals surface area contributed by atoms with E-state index < -0.39 is 0 Å². The van der Waals surface area contributed by atoms with Crippen molar-refractivity contribution < 1.29 is 4.39 Å². The Kier molecular flexibility index (Phi) is 5.99. The number of hydrogen-bond donors (Lipinski definition) is 1. The normalized spacial score (nSPS) is 19.4. The summed E-state index contributed by atoms with van der Waals surface area (Å²) in [6.45, 7) is 4.35. The van der Waals surface area contributed by atoms with Crippen molar-refractivity contribution in [2.45, 2.75) is 38.1 Å². The molecule has 2 aromatic heterocycles. The number of rotatable bonds is 5. The van der Waals surface area contributed by atoms with Crippen LogP contribution >= 0.6 is 0 Å². The molecule has 0 saturated carbocycles. The van der Waals surface area contributed by atoms with E-state index in [1.165, 1.54) is 0 Å².